The van der Waals surface area contributed by atoms with E-state index in [1.54, 1.807) is 0 Å². The Labute approximate surface area is 93.8 Å². The summed E-state index contributed by atoms with van der Waals surface area (Å²) in [4.78, 5) is 8.27. The summed E-state index contributed by atoms with van der Waals surface area (Å²) in [7, 11) is -3.33. The highest BCUT2D eigenvalue weighted by Gasteiger charge is 2.32. The van der Waals surface area contributed by atoms with Crippen LogP contribution >= 0.6 is 0 Å². The largest absolute Gasteiger partial charge is 0.370 e. The maximum Gasteiger partial charge on any atom is 0.247 e. The van der Waals surface area contributed by atoms with Crippen LogP contribution in [-0.4, -0.2) is 24.6 Å². The van der Waals surface area contributed by atoms with Crippen molar-refractivity contribution in [2.75, 3.05) is 6.26 Å². The Kier molecular flexibility index (Phi) is 2.06. The molecule has 0 bridgehead atoms. The molecule has 3 rings (SSSR count). The van der Waals surface area contributed by atoms with Crippen LogP contribution in [0, 0.1) is 0 Å². The SMILES string of the molecule is CS(=O)(=O)c1nc2c(c(C3CC3)n1)COC2. The number of nitrogens with zero attached hydrogens (tertiary/aromatic N) is 2. The maximum atomic E-state index is 11.5. The number of fused-ring (bicyclic) bond motifs is 1. The molecule has 0 radical (unpaired) electrons. The smallest absolute Gasteiger partial charge is 0.247 e. The molecule has 0 saturated heterocycles. The van der Waals surface area contributed by atoms with Crippen molar-refractivity contribution in [3.63, 3.8) is 0 Å². The number of ether oxygens (including phenoxy) is 1. The minimum Gasteiger partial charge on any atom is -0.370 e. The van der Waals surface area contributed by atoms with Gasteiger partial charge < -0.3 is 4.74 Å². The minimum atomic E-state index is -3.33. The van der Waals surface area contributed by atoms with E-state index in [4.69, 9.17) is 4.74 Å². The average molecular weight is 240 g/mol. The molecule has 1 aromatic heterocycles. The molecule has 2 aliphatic rings. The highest BCUT2D eigenvalue weighted by atomic mass is 32.2. The molecule has 1 saturated carbocycles. The average Bonchev–Trinajstić information content (AvgIpc) is 2.93. The summed E-state index contributed by atoms with van der Waals surface area (Å²) in [5.41, 5.74) is 2.65. The third-order valence-corrected chi connectivity index (χ3v) is 3.73. The standard InChI is InChI=1S/C10H12N2O3S/c1-16(13,14)10-11-8-5-15-4-7(8)9(12-10)6-2-3-6/h6H,2-5H2,1H3. The van der Waals surface area contributed by atoms with E-state index in [-0.39, 0.29) is 5.16 Å². The number of hydrogen-bond donors (Lipinski definition) is 0. The molecule has 1 aromatic rings. The molecule has 16 heavy (non-hydrogen) atoms. The van der Waals surface area contributed by atoms with Crippen LogP contribution in [0.1, 0.15) is 35.7 Å². The van der Waals surface area contributed by atoms with Gasteiger partial charge in [0.25, 0.3) is 0 Å². The number of aromatic nitrogens is 2. The molecule has 5 nitrogen and oxygen atoms in total. The Morgan fingerprint density at radius 1 is 1.25 bits per heavy atom. The van der Waals surface area contributed by atoms with Crippen molar-refractivity contribution in [3.05, 3.63) is 17.0 Å². The molecule has 1 aliphatic heterocycles. The molecular formula is C10H12N2O3S. The predicted octanol–water partition coefficient (Wildman–Crippen LogP) is 0.788. The van der Waals surface area contributed by atoms with Crippen LogP contribution < -0.4 is 0 Å². The summed E-state index contributed by atoms with van der Waals surface area (Å²) in [6.07, 6.45) is 3.32. The highest BCUT2D eigenvalue weighted by molar-refractivity contribution is 7.90. The molecule has 0 unspecified atom stereocenters. The molecule has 0 amide bonds. The van der Waals surface area contributed by atoms with Gasteiger partial charge in [0.15, 0.2) is 0 Å². The first kappa shape index (κ1) is 10.2. The van der Waals surface area contributed by atoms with Gasteiger partial charge in [-0.2, -0.15) is 0 Å². The molecule has 0 spiro atoms. The maximum absolute atomic E-state index is 11.5. The second kappa shape index (κ2) is 3.24. The van der Waals surface area contributed by atoms with E-state index >= 15 is 0 Å². The Balaban J connectivity index is 2.20. The molecule has 1 aliphatic carbocycles. The summed E-state index contributed by atoms with van der Waals surface area (Å²) < 4.78 is 28.2. The fourth-order valence-electron chi connectivity index (χ4n) is 1.91. The normalized spacial score (nSPS) is 19.8. The summed E-state index contributed by atoms with van der Waals surface area (Å²) in [5.74, 6) is 0.416. The van der Waals surface area contributed by atoms with E-state index in [1.165, 1.54) is 0 Å². The topological polar surface area (TPSA) is 69.2 Å². The third kappa shape index (κ3) is 1.62. The summed E-state index contributed by atoms with van der Waals surface area (Å²) in [6, 6.07) is 0. The number of sulfone groups is 1. The molecule has 1 fully saturated rings. The fourth-order valence-corrected chi connectivity index (χ4v) is 2.45. The van der Waals surface area contributed by atoms with Crippen LogP contribution in [0.2, 0.25) is 0 Å². The Hall–Kier alpha value is -1.01. The Morgan fingerprint density at radius 3 is 2.62 bits per heavy atom. The second-order valence-electron chi connectivity index (χ2n) is 4.36. The molecule has 6 heteroatoms. The van der Waals surface area contributed by atoms with Crippen molar-refractivity contribution >= 4 is 9.84 Å². The number of hydrogen-bond acceptors (Lipinski definition) is 5. The lowest BCUT2D eigenvalue weighted by atomic mass is 10.1. The van der Waals surface area contributed by atoms with Gasteiger partial charge in [0.2, 0.25) is 15.0 Å². The quantitative estimate of drug-likeness (QED) is 0.715. The first-order valence-corrected chi connectivity index (χ1v) is 7.12. The van der Waals surface area contributed by atoms with Crippen LogP contribution in [0.25, 0.3) is 0 Å². The first-order valence-electron chi connectivity index (χ1n) is 5.23. The van der Waals surface area contributed by atoms with Gasteiger partial charge in [0.1, 0.15) is 0 Å². The van der Waals surface area contributed by atoms with Crippen molar-refractivity contribution < 1.29 is 13.2 Å². The van der Waals surface area contributed by atoms with E-state index < -0.39 is 9.84 Å². The van der Waals surface area contributed by atoms with E-state index in [0.717, 1.165) is 36.0 Å². The van der Waals surface area contributed by atoms with E-state index in [0.29, 0.717) is 19.1 Å². The van der Waals surface area contributed by atoms with Crippen LogP contribution in [0.3, 0.4) is 0 Å². The zero-order valence-corrected chi connectivity index (χ0v) is 9.75. The van der Waals surface area contributed by atoms with Gasteiger partial charge in [-0.25, -0.2) is 18.4 Å². The van der Waals surface area contributed by atoms with Gasteiger partial charge in [-0.15, -0.1) is 0 Å². The zero-order valence-electron chi connectivity index (χ0n) is 8.93. The van der Waals surface area contributed by atoms with Gasteiger partial charge in [-0.05, 0) is 12.8 Å². The highest BCUT2D eigenvalue weighted by Crippen LogP contribution is 2.42. The van der Waals surface area contributed by atoms with Crippen LogP contribution in [-0.2, 0) is 27.8 Å². The van der Waals surface area contributed by atoms with Crippen LogP contribution in [0.5, 0.6) is 0 Å². The van der Waals surface area contributed by atoms with Crippen molar-refractivity contribution in [1.29, 1.82) is 0 Å². The first-order chi connectivity index (χ1) is 7.55. The molecule has 2 heterocycles. The third-order valence-electron chi connectivity index (χ3n) is 2.89. The zero-order chi connectivity index (χ0) is 11.3. The van der Waals surface area contributed by atoms with Crippen molar-refractivity contribution in [2.45, 2.75) is 37.1 Å². The van der Waals surface area contributed by atoms with Gasteiger partial charge in [-0.1, -0.05) is 0 Å². The van der Waals surface area contributed by atoms with Crippen molar-refractivity contribution in [3.8, 4) is 0 Å². The second-order valence-corrected chi connectivity index (χ2v) is 6.27. The van der Waals surface area contributed by atoms with Crippen LogP contribution in [0.4, 0.5) is 0 Å². The van der Waals surface area contributed by atoms with Gasteiger partial charge in [0.05, 0.1) is 24.6 Å². The molecule has 86 valence electrons. The summed E-state index contributed by atoms with van der Waals surface area (Å²) in [6.45, 7) is 0.922. The molecule has 0 atom stereocenters. The molecular weight excluding hydrogens is 228 g/mol. The fraction of sp³-hybridized carbons (Fsp3) is 0.600. The lowest BCUT2D eigenvalue weighted by Crippen LogP contribution is -2.10. The lowest BCUT2D eigenvalue weighted by Gasteiger charge is -2.06. The van der Waals surface area contributed by atoms with Crippen LogP contribution in [0.15, 0.2) is 5.16 Å². The van der Waals surface area contributed by atoms with Gasteiger partial charge in [-0.3, -0.25) is 0 Å². The summed E-state index contributed by atoms with van der Waals surface area (Å²) in [5, 5.41) is -0.0568. The van der Waals surface area contributed by atoms with Gasteiger partial charge >= 0.3 is 0 Å². The monoisotopic (exact) mass is 240 g/mol. The van der Waals surface area contributed by atoms with E-state index in [1.807, 2.05) is 0 Å². The summed E-state index contributed by atoms with van der Waals surface area (Å²) >= 11 is 0. The van der Waals surface area contributed by atoms with Gasteiger partial charge in [0, 0.05) is 17.7 Å². The molecule has 0 N–H and O–H groups in total. The Bertz CT molecular complexity index is 549. The van der Waals surface area contributed by atoms with E-state index in [9.17, 15) is 8.42 Å². The Morgan fingerprint density at radius 2 is 2.00 bits per heavy atom. The van der Waals surface area contributed by atoms with Crippen molar-refractivity contribution in [2.24, 2.45) is 0 Å². The van der Waals surface area contributed by atoms with Crippen molar-refractivity contribution in [1.82, 2.24) is 9.97 Å². The predicted molar refractivity (Wildman–Crippen MR) is 55.6 cm³/mol. The minimum absolute atomic E-state index is 0.0568. The van der Waals surface area contributed by atoms with E-state index in [2.05, 4.69) is 9.97 Å². The molecule has 0 aromatic carbocycles. The number of rotatable bonds is 2. The lowest BCUT2D eigenvalue weighted by molar-refractivity contribution is 0.132.